The summed E-state index contributed by atoms with van der Waals surface area (Å²) in [7, 11) is 0. The molecule has 0 saturated carbocycles. The third-order valence-electron chi connectivity index (χ3n) is 6.52. The third kappa shape index (κ3) is 7.01. The maximum Gasteiger partial charge on any atom is 0.355 e. The molecule has 0 aliphatic heterocycles. The predicted octanol–water partition coefficient (Wildman–Crippen LogP) is 10.8. The molecule has 0 fully saturated rings. The molecule has 0 unspecified atom stereocenters. The first kappa shape index (κ1) is 32.6. The number of nitrogens with zero attached hydrogens (tertiary/aromatic N) is 1. The van der Waals surface area contributed by atoms with E-state index in [1.165, 1.54) is 28.9 Å². The predicted molar refractivity (Wildman–Crippen MR) is 195 cm³/mol. The molecule has 0 bridgehead atoms. The van der Waals surface area contributed by atoms with Crippen LogP contribution in [-0.4, -0.2) is 24.0 Å². The summed E-state index contributed by atoms with van der Waals surface area (Å²) in [4.78, 5) is 39.4. The fourth-order valence-corrected chi connectivity index (χ4v) is 8.34. The summed E-state index contributed by atoms with van der Waals surface area (Å²) >= 11 is 28.3. The molecule has 6 rings (SSSR count). The molecule has 2 aromatic heterocycles. The highest BCUT2D eigenvalue weighted by molar-refractivity contribution is 9.10. The Morgan fingerprint density at radius 2 is 1.37 bits per heavy atom. The van der Waals surface area contributed by atoms with Crippen LogP contribution in [0.4, 0.5) is 5.69 Å². The zero-order valence-electron chi connectivity index (χ0n) is 22.9. The first-order chi connectivity index (χ1) is 22.1. The third-order valence-corrected chi connectivity index (χ3v) is 11.0. The van der Waals surface area contributed by atoms with Crippen LogP contribution in [-0.2, 0) is 0 Å². The molecule has 0 atom stereocenters. The van der Waals surface area contributed by atoms with Gasteiger partial charge >= 0.3 is 5.97 Å². The molecule has 0 saturated heterocycles. The van der Waals surface area contributed by atoms with Gasteiger partial charge in [-0.25, -0.2) is 10.2 Å². The number of hydrogen-bond donors (Lipinski definition) is 2. The van der Waals surface area contributed by atoms with E-state index < -0.39 is 11.9 Å². The number of amides is 2. The first-order valence-corrected chi connectivity index (χ1v) is 17.4. The van der Waals surface area contributed by atoms with Crippen molar-refractivity contribution >= 4 is 139 Å². The summed E-state index contributed by atoms with van der Waals surface area (Å²) in [5, 5.41) is 9.56. The molecule has 7 nitrogen and oxygen atoms in total. The summed E-state index contributed by atoms with van der Waals surface area (Å²) in [6.07, 6.45) is 1.36. The van der Waals surface area contributed by atoms with Gasteiger partial charge in [0.1, 0.15) is 15.5 Å². The summed E-state index contributed by atoms with van der Waals surface area (Å²) in [5.74, 6) is -1.27. The minimum atomic E-state index is -0.641. The standard InChI is InChI=1S/C32H16Br2Cl3N3O4S2/c33-17-4-10-23(44-32(43)29-27(37)22-9-5-19(35)13-25(22)46-29)16(11-17)14-38-40-30(41)15-1-6-20(7-2-15)39-31(42)28-26(36)21-8-3-18(34)12-24(21)45-28/h1-14H,(H,39,42)(H,40,41)/b38-14-. The van der Waals surface area contributed by atoms with Gasteiger partial charge in [0.25, 0.3) is 11.8 Å². The molecule has 0 spiro atoms. The largest absolute Gasteiger partial charge is 0.422 e. The van der Waals surface area contributed by atoms with Gasteiger partial charge in [0.05, 0.1) is 16.3 Å². The van der Waals surface area contributed by atoms with Crippen molar-refractivity contribution in [1.29, 1.82) is 0 Å². The second kappa shape index (κ2) is 13.8. The van der Waals surface area contributed by atoms with Crippen LogP contribution in [0.25, 0.3) is 20.2 Å². The molecule has 6 aromatic rings. The smallest absolute Gasteiger partial charge is 0.355 e. The maximum atomic E-state index is 13.0. The van der Waals surface area contributed by atoms with Gasteiger partial charge in [0, 0.05) is 51.0 Å². The van der Waals surface area contributed by atoms with Gasteiger partial charge in [-0.1, -0.05) is 78.8 Å². The molecule has 2 heterocycles. The van der Waals surface area contributed by atoms with E-state index in [1.54, 1.807) is 60.7 Å². The quantitative estimate of drug-likeness (QED) is 0.0724. The highest BCUT2D eigenvalue weighted by Gasteiger charge is 2.21. The number of hydrazone groups is 1. The number of nitrogens with one attached hydrogen (secondary N) is 2. The zero-order valence-corrected chi connectivity index (χ0v) is 29.9. The van der Waals surface area contributed by atoms with Crippen molar-refractivity contribution in [2.75, 3.05) is 5.32 Å². The Kier molecular flexibility index (Phi) is 9.81. The van der Waals surface area contributed by atoms with E-state index in [1.807, 2.05) is 18.2 Å². The Morgan fingerprint density at radius 1 is 0.739 bits per heavy atom. The van der Waals surface area contributed by atoms with E-state index in [-0.39, 0.29) is 21.6 Å². The number of esters is 1. The lowest BCUT2D eigenvalue weighted by molar-refractivity contribution is 0.0739. The zero-order chi connectivity index (χ0) is 32.5. The van der Waals surface area contributed by atoms with Crippen LogP contribution in [0.3, 0.4) is 0 Å². The number of ether oxygens (including phenoxy) is 1. The highest BCUT2D eigenvalue weighted by Crippen LogP contribution is 2.38. The number of thiophene rings is 2. The minimum absolute atomic E-state index is 0.212. The number of halogens is 5. The number of carbonyl (C=O) groups excluding carboxylic acids is 3. The molecule has 0 aliphatic carbocycles. The minimum Gasteiger partial charge on any atom is -0.422 e. The lowest BCUT2D eigenvalue weighted by atomic mass is 10.2. The number of benzene rings is 4. The average Bonchev–Trinajstić information content (AvgIpc) is 3.53. The van der Waals surface area contributed by atoms with E-state index in [4.69, 9.17) is 39.5 Å². The summed E-state index contributed by atoms with van der Waals surface area (Å²) in [6, 6.07) is 22.1. The van der Waals surface area contributed by atoms with Crippen LogP contribution in [0.2, 0.25) is 15.1 Å². The average molecular weight is 837 g/mol. The molecule has 2 amide bonds. The molecule has 0 radical (unpaired) electrons. The molecule has 46 heavy (non-hydrogen) atoms. The van der Waals surface area contributed by atoms with Crippen LogP contribution >= 0.6 is 89.3 Å². The van der Waals surface area contributed by atoms with Crippen LogP contribution in [0.1, 0.15) is 35.3 Å². The number of hydrogen-bond acceptors (Lipinski definition) is 7. The topological polar surface area (TPSA) is 96.9 Å². The second-order valence-electron chi connectivity index (χ2n) is 9.57. The molecule has 0 aliphatic rings. The van der Waals surface area contributed by atoms with Gasteiger partial charge in [0.2, 0.25) is 0 Å². The molecular weight excluding hydrogens is 821 g/mol. The number of fused-ring (bicyclic) bond motifs is 2. The van der Waals surface area contributed by atoms with Gasteiger partial charge in [-0.2, -0.15) is 5.10 Å². The van der Waals surface area contributed by atoms with Gasteiger partial charge in [-0.05, 0) is 66.7 Å². The monoisotopic (exact) mass is 833 g/mol. The number of anilines is 1. The fraction of sp³-hybridized carbons (Fsp3) is 0. The van der Waals surface area contributed by atoms with Gasteiger partial charge in [0.15, 0.2) is 0 Å². The lowest BCUT2D eigenvalue weighted by Crippen LogP contribution is -2.18. The van der Waals surface area contributed by atoms with Crippen molar-refractivity contribution in [3.05, 3.63) is 124 Å². The van der Waals surface area contributed by atoms with E-state index >= 15 is 0 Å². The Labute approximate surface area is 301 Å². The molecule has 4 aromatic carbocycles. The normalized spacial score (nSPS) is 11.3. The SMILES string of the molecule is O=C(N/N=C\c1cc(Br)ccc1OC(=O)c1sc2cc(Cl)ccc2c1Cl)c1ccc(NC(=O)c2sc3cc(Br)ccc3c2Cl)cc1. The maximum absolute atomic E-state index is 13.0. The van der Waals surface area contributed by atoms with Crippen molar-refractivity contribution in [2.45, 2.75) is 0 Å². The molecular formula is C32H16Br2Cl3N3O4S2. The Bertz CT molecular complexity index is 2220. The number of carbonyl (C=O) groups is 3. The molecule has 14 heteroatoms. The van der Waals surface area contributed by atoms with Crippen LogP contribution in [0.15, 0.2) is 92.9 Å². The van der Waals surface area contributed by atoms with Crippen LogP contribution in [0, 0.1) is 0 Å². The van der Waals surface area contributed by atoms with Crippen molar-refractivity contribution < 1.29 is 19.1 Å². The van der Waals surface area contributed by atoms with Crippen molar-refractivity contribution in [3.8, 4) is 5.75 Å². The van der Waals surface area contributed by atoms with Crippen molar-refractivity contribution in [2.24, 2.45) is 5.10 Å². The first-order valence-electron chi connectivity index (χ1n) is 13.1. The van der Waals surface area contributed by atoms with Crippen LogP contribution < -0.4 is 15.5 Å². The van der Waals surface area contributed by atoms with Gasteiger partial charge < -0.3 is 10.1 Å². The van der Waals surface area contributed by atoms with Gasteiger partial charge in [-0.15, -0.1) is 22.7 Å². The van der Waals surface area contributed by atoms with E-state index in [9.17, 15) is 14.4 Å². The van der Waals surface area contributed by atoms with Crippen molar-refractivity contribution in [1.82, 2.24) is 5.43 Å². The fourth-order valence-electron chi connectivity index (χ4n) is 4.33. The Hall–Kier alpha value is -3.29. The second-order valence-corrected chi connectivity index (χ2v) is 14.7. The van der Waals surface area contributed by atoms with E-state index in [0.29, 0.717) is 41.6 Å². The number of rotatable bonds is 7. The lowest BCUT2D eigenvalue weighted by Gasteiger charge is -2.08. The summed E-state index contributed by atoms with van der Waals surface area (Å²) in [6.45, 7) is 0. The van der Waals surface area contributed by atoms with E-state index in [2.05, 4.69) is 47.7 Å². The van der Waals surface area contributed by atoms with Gasteiger partial charge in [-0.3, -0.25) is 9.59 Å². The molecule has 2 N–H and O–H groups in total. The highest BCUT2D eigenvalue weighted by atomic mass is 79.9. The van der Waals surface area contributed by atoms with Crippen molar-refractivity contribution in [3.63, 3.8) is 0 Å². The molecule has 230 valence electrons. The summed E-state index contributed by atoms with van der Waals surface area (Å²) in [5.41, 5.74) is 3.68. The van der Waals surface area contributed by atoms with Crippen LogP contribution in [0.5, 0.6) is 5.75 Å². The summed E-state index contributed by atoms with van der Waals surface area (Å²) < 4.78 is 8.90. The Balaban J connectivity index is 1.11. The Morgan fingerprint density at radius 3 is 2.13 bits per heavy atom. The van der Waals surface area contributed by atoms with E-state index in [0.717, 1.165) is 19.3 Å².